The van der Waals surface area contributed by atoms with Crippen LogP contribution in [-0.4, -0.2) is 53.4 Å². The van der Waals surface area contributed by atoms with Crippen LogP contribution in [0.1, 0.15) is 39.5 Å². The summed E-state index contributed by atoms with van der Waals surface area (Å²) in [5.41, 5.74) is 3.09. The highest BCUT2D eigenvalue weighted by atomic mass is 32.1. The molecule has 8 heteroatoms. The molecule has 1 aromatic carbocycles. The van der Waals surface area contributed by atoms with Crippen molar-refractivity contribution in [2.75, 3.05) is 27.2 Å². The predicted octanol–water partition coefficient (Wildman–Crippen LogP) is 3.38. The molecule has 0 saturated heterocycles. The maximum atomic E-state index is 13.5. The molecule has 1 aliphatic carbocycles. The van der Waals surface area contributed by atoms with Crippen molar-refractivity contribution in [3.63, 3.8) is 0 Å². The van der Waals surface area contributed by atoms with Gasteiger partial charge in [-0.05, 0) is 40.3 Å². The van der Waals surface area contributed by atoms with E-state index in [1.165, 1.54) is 18.7 Å². The summed E-state index contributed by atoms with van der Waals surface area (Å²) in [6, 6.07) is 13.5. The van der Waals surface area contributed by atoms with Gasteiger partial charge in [0.2, 0.25) is 5.91 Å². The summed E-state index contributed by atoms with van der Waals surface area (Å²) < 4.78 is 7.13. The van der Waals surface area contributed by atoms with E-state index in [9.17, 15) is 14.4 Å². The fourth-order valence-electron chi connectivity index (χ4n) is 5.05. The maximum absolute atomic E-state index is 13.5. The van der Waals surface area contributed by atoms with Crippen LogP contribution < -0.4 is 10.3 Å². The number of nitrogens with zero attached hydrogens (tertiary/aromatic N) is 3. The van der Waals surface area contributed by atoms with E-state index < -0.39 is 0 Å². The molecule has 0 unspecified atom stereocenters. The quantitative estimate of drug-likeness (QED) is 0.530. The Labute approximate surface area is 208 Å². The van der Waals surface area contributed by atoms with Gasteiger partial charge in [-0.2, -0.15) is 11.3 Å². The summed E-state index contributed by atoms with van der Waals surface area (Å²) in [6.45, 7) is 1.75. The summed E-state index contributed by atoms with van der Waals surface area (Å²) in [7, 11) is 3.23. The number of rotatable bonds is 6. The van der Waals surface area contributed by atoms with Crippen LogP contribution in [0.25, 0.3) is 0 Å². The summed E-state index contributed by atoms with van der Waals surface area (Å²) in [5, 5.41) is 4.00. The Kier molecular flexibility index (Phi) is 6.47. The van der Waals surface area contributed by atoms with E-state index in [0.717, 1.165) is 12.0 Å². The lowest BCUT2D eigenvalue weighted by Crippen LogP contribution is -2.35. The summed E-state index contributed by atoms with van der Waals surface area (Å²) >= 11 is 1.59. The van der Waals surface area contributed by atoms with Gasteiger partial charge in [-0.3, -0.25) is 14.4 Å². The van der Waals surface area contributed by atoms with Gasteiger partial charge in [0.05, 0.1) is 7.11 Å². The molecule has 7 nitrogen and oxygen atoms in total. The van der Waals surface area contributed by atoms with Gasteiger partial charge in [-0.1, -0.05) is 30.3 Å². The van der Waals surface area contributed by atoms with Crippen molar-refractivity contribution < 1.29 is 14.3 Å². The third kappa shape index (κ3) is 4.62. The maximum Gasteiger partial charge on any atom is 0.259 e. The van der Waals surface area contributed by atoms with Gasteiger partial charge in [-0.15, -0.1) is 0 Å². The van der Waals surface area contributed by atoms with Gasteiger partial charge >= 0.3 is 0 Å². The Morgan fingerprint density at radius 2 is 1.94 bits per heavy atom. The highest BCUT2D eigenvalue weighted by Gasteiger charge is 2.45. The van der Waals surface area contributed by atoms with E-state index in [2.05, 4.69) is 12.1 Å². The molecule has 0 spiro atoms. The first-order chi connectivity index (χ1) is 17.0. The van der Waals surface area contributed by atoms with Crippen LogP contribution >= 0.6 is 11.3 Å². The molecular formula is C27H29N3O4S. The summed E-state index contributed by atoms with van der Waals surface area (Å²) in [5.74, 6) is 0.481. The van der Waals surface area contributed by atoms with E-state index in [4.69, 9.17) is 4.74 Å². The highest BCUT2D eigenvalue weighted by molar-refractivity contribution is 7.07. The molecule has 2 aromatic heterocycles. The molecule has 2 atom stereocenters. The predicted molar refractivity (Wildman–Crippen MR) is 135 cm³/mol. The number of methoxy groups -OCH3 is 1. The van der Waals surface area contributed by atoms with Gasteiger partial charge in [0.1, 0.15) is 11.3 Å². The molecular weight excluding hydrogens is 462 g/mol. The SMILES string of the molecule is COc1cc(=O)n2c(c1C(=O)N(C)Cc1ccsc1)CCN(C(=O)[C@@H]1C[C@H]1c1ccccc1)CC2. The molecule has 0 radical (unpaired) electrons. The molecule has 1 saturated carbocycles. The van der Waals surface area contributed by atoms with Crippen LogP contribution in [0, 0.1) is 5.92 Å². The van der Waals surface area contributed by atoms with Gasteiger partial charge in [0.15, 0.2) is 0 Å². The first-order valence-electron chi connectivity index (χ1n) is 11.9. The van der Waals surface area contributed by atoms with Crippen molar-refractivity contribution in [3.8, 4) is 5.75 Å². The van der Waals surface area contributed by atoms with E-state index in [0.29, 0.717) is 43.9 Å². The van der Waals surface area contributed by atoms with Crippen LogP contribution in [0.2, 0.25) is 0 Å². The van der Waals surface area contributed by atoms with Gasteiger partial charge < -0.3 is 19.1 Å². The number of hydrogen-bond acceptors (Lipinski definition) is 5. The van der Waals surface area contributed by atoms with E-state index >= 15 is 0 Å². The number of carbonyl (C=O) groups is 2. The molecule has 35 heavy (non-hydrogen) atoms. The Hall–Kier alpha value is -3.39. The average Bonchev–Trinajstić information content (AvgIpc) is 3.58. The Bertz CT molecular complexity index is 1290. The molecule has 1 fully saturated rings. The number of amides is 2. The van der Waals surface area contributed by atoms with Crippen molar-refractivity contribution in [3.05, 3.63) is 86.0 Å². The second-order valence-corrected chi connectivity index (χ2v) is 10.0. The minimum Gasteiger partial charge on any atom is -0.496 e. The van der Waals surface area contributed by atoms with Crippen molar-refractivity contribution in [2.45, 2.75) is 31.8 Å². The summed E-state index contributed by atoms with van der Waals surface area (Å²) in [4.78, 5) is 43.3. The van der Waals surface area contributed by atoms with Crippen molar-refractivity contribution >= 4 is 23.2 Å². The molecule has 0 bridgehead atoms. The number of aromatic nitrogens is 1. The Morgan fingerprint density at radius 3 is 2.66 bits per heavy atom. The lowest BCUT2D eigenvalue weighted by molar-refractivity contribution is -0.132. The van der Waals surface area contributed by atoms with Crippen molar-refractivity contribution in [1.82, 2.24) is 14.4 Å². The zero-order valence-corrected chi connectivity index (χ0v) is 20.8. The lowest BCUT2D eigenvalue weighted by Gasteiger charge is -2.22. The second kappa shape index (κ2) is 9.70. The zero-order chi connectivity index (χ0) is 24.5. The smallest absolute Gasteiger partial charge is 0.259 e. The number of pyridine rings is 1. The summed E-state index contributed by atoms with van der Waals surface area (Å²) in [6.07, 6.45) is 1.28. The van der Waals surface area contributed by atoms with Crippen molar-refractivity contribution in [2.24, 2.45) is 5.92 Å². The van der Waals surface area contributed by atoms with E-state index in [1.54, 1.807) is 27.9 Å². The monoisotopic (exact) mass is 491 g/mol. The number of fused-ring (bicyclic) bond motifs is 1. The molecule has 0 N–H and O–H groups in total. The second-order valence-electron chi connectivity index (χ2n) is 9.25. The van der Waals surface area contributed by atoms with E-state index in [-0.39, 0.29) is 35.0 Å². The Morgan fingerprint density at radius 1 is 1.14 bits per heavy atom. The molecule has 5 rings (SSSR count). The third-order valence-corrected chi connectivity index (χ3v) is 7.75. The minimum atomic E-state index is -0.211. The van der Waals surface area contributed by atoms with Crippen LogP contribution in [-0.2, 0) is 24.3 Å². The van der Waals surface area contributed by atoms with Crippen LogP contribution in [0.5, 0.6) is 5.75 Å². The molecule has 2 amide bonds. The zero-order valence-electron chi connectivity index (χ0n) is 20.0. The van der Waals surface area contributed by atoms with Crippen molar-refractivity contribution in [1.29, 1.82) is 0 Å². The highest BCUT2D eigenvalue weighted by Crippen LogP contribution is 2.48. The first-order valence-corrected chi connectivity index (χ1v) is 12.8. The normalized spacial score (nSPS) is 19.0. The minimum absolute atomic E-state index is 0.0114. The van der Waals surface area contributed by atoms with Crippen LogP contribution in [0.4, 0.5) is 0 Å². The van der Waals surface area contributed by atoms with Gasteiger partial charge in [-0.25, -0.2) is 0 Å². The fourth-order valence-corrected chi connectivity index (χ4v) is 5.71. The van der Waals surface area contributed by atoms with Gasteiger partial charge in [0.25, 0.3) is 11.5 Å². The van der Waals surface area contributed by atoms with E-state index in [1.807, 2.05) is 39.9 Å². The fraction of sp³-hybridized carbons (Fsp3) is 0.370. The number of thiophene rings is 1. The standard InChI is InChI=1S/C27H29N3O4S/c1-28(16-18-9-13-35-17-18)27(33)25-22-8-10-29(11-12-30(22)24(31)15-23(25)34-2)26(32)21-14-20(21)19-6-4-3-5-7-19/h3-7,9,13,15,17,20-21H,8,10-12,14,16H2,1-2H3/t20-,21+/m0/s1. The van der Waals surface area contributed by atoms with Crippen LogP contribution in [0.3, 0.4) is 0 Å². The van der Waals surface area contributed by atoms with Crippen LogP contribution in [0.15, 0.2) is 58.0 Å². The number of benzene rings is 1. The number of hydrogen-bond donors (Lipinski definition) is 0. The number of carbonyl (C=O) groups excluding carboxylic acids is 2. The van der Waals surface area contributed by atoms with Gasteiger partial charge in [0, 0.05) is 57.3 Å². The third-order valence-electron chi connectivity index (χ3n) is 7.02. The Balaban J connectivity index is 1.37. The number of ether oxygens (including phenoxy) is 1. The molecule has 3 heterocycles. The largest absolute Gasteiger partial charge is 0.496 e. The topological polar surface area (TPSA) is 71.8 Å². The average molecular weight is 492 g/mol. The molecule has 2 aliphatic rings. The first kappa shape index (κ1) is 23.4. The molecule has 182 valence electrons. The molecule has 3 aromatic rings. The molecule has 1 aliphatic heterocycles. The lowest BCUT2D eigenvalue weighted by atomic mass is 10.1.